The van der Waals surface area contributed by atoms with Crippen LogP contribution in [0.2, 0.25) is 0 Å². The second-order valence-corrected chi connectivity index (χ2v) is 17.8. The van der Waals surface area contributed by atoms with Crippen molar-refractivity contribution in [3.63, 3.8) is 0 Å². The van der Waals surface area contributed by atoms with Crippen molar-refractivity contribution in [2.45, 2.75) is 124 Å². The summed E-state index contributed by atoms with van der Waals surface area (Å²) in [6.45, 7) is -1.05. The molecule has 0 bridgehead atoms. The largest absolute Gasteiger partial charge is 0.508 e. The molecular weight excluding hydrogens is 996 g/mol. The van der Waals surface area contributed by atoms with Crippen molar-refractivity contribution in [2.24, 2.45) is 0 Å². The molecule has 1 aromatic heterocycles. The maximum absolute atomic E-state index is 14.6. The number of rotatable bonds is 14. The molecule has 15 N–H and O–H groups in total. The van der Waals surface area contributed by atoms with Gasteiger partial charge in [0.25, 0.3) is 0 Å². The van der Waals surface area contributed by atoms with Gasteiger partial charge in [0.1, 0.15) is 108 Å². The Morgan fingerprint density at radius 3 is 2.04 bits per heavy atom. The van der Waals surface area contributed by atoms with E-state index >= 15 is 0 Å². The number of phenolic OH excluding ortho intramolecular Hbond substituents is 5. The number of phenols is 5. The molecule has 74 heavy (non-hydrogen) atoms. The number of hydrogen-bond donors (Lipinski definition) is 15. The van der Waals surface area contributed by atoms with E-state index in [1.807, 2.05) is 0 Å². The number of ether oxygens (including phenoxy) is 9. The molecule has 4 aliphatic rings. The Bertz CT molecular complexity index is 2680. The maximum atomic E-state index is 14.6. The van der Waals surface area contributed by atoms with Crippen molar-refractivity contribution >= 4 is 23.0 Å². The van der Waals surface area contributed by atoms with Crippen molar-refractivity contribution in [2.75, 3.05) is 19.8 Å². The second kappa shape index (κ2) is 22.6. The first-order valence-electron chi connectivity index (χ1n) is 22.8. The Morgan fingerprint density at radius 2 is 1.34 bits per heavy atom. The minimum Gasteiger partial charge on any atom is -0.508 e. The van der Waals surface area contributed by atoms with Gasteiger partial charge in [-0.25, -0.2) is 4.79 Å². The summed E-state index contributed by atoms with van der Waals surface area (Å²) in [4.78, 5) is 28.3. The molecule has 4 aromatic rings. The number of hydrogen-bond acceptors (Lipinski definition) is 27. The first-order chi connectivity index (χ1) is 35.1. The Morgan fingerprint density at radius 1 is 0.649 bits per heavy atom. The van der Waals surface area contributed by atoms with Crippen LogP contribution in [0, 0.1) is 0 Å². The summed E-state index contributed by atoms with van der Waals surface area (Å²) in [5.74, 6) is -5.46. The Balaban J connectivity index is 1.18. The van der Waals surface area contributed by atoms with Gasteiger partial charge in [-0.05, 0) is 48.9 Å². The third-order valence-corrected chi connectivity index (χ3v) is 12.7. The molecule has 3 aromatic carbocycles. The molecule has 0 amide bonds. The molecule has 8 rings (SSSR count). The van der Waals surface area contributed by atoms with Crippen LogP contribution in [0.3, 0.4) is 0 Å². The molecule has 4 saturated heterocycles. The number of fused-ring (bicyclic) bond motifs is 1. The van der Waals surface area contributed by atoms with Gasteiger partial charge in [-0.2, -0.15) is 0 Å². The van der Waals surface area contributed by atoms with Gasteiger partial charge in [0.05, 0.1) is 25.9 Å². The Hall–Kier alpha value is -5.80. The van der Waals surface area contributed by atoms with Gasteiger partial charge in [-0.3, -0.25) is 4.79 Å². The second-order valence-electron chi connectivity index (χ2n) is 17.8. The highest BCUT2D eigenvalue weighted by Crippen LogP contribution is 2.41. The average molecular weight is 1050 g/mol. The van der Waals surface area contributed by atoms with Gasteiger partial charge >= 0.3 is 5.97 Å². The highest BCUT2D eigenvalue weighted by molar-refractivity contribution is 5.89. The number of esters is 1. The van der Waals surface area contributed by atoms with Gasteiger partial charge in [0, 0.05) is 23.8 Å². The van der Waals surface area contributed by atoms with Crippen LogP contribution in [-0.4, -0.2) is 219 Å². The van der Waals surface area contributed by atoms with E-state index in [-0.39, 0.29) is 11.3 Å². The molecule has 0 saturated carbocycles. The third-order valence-electron chi connectivity index (χ3n) is 12.7. The fourth-order valence-electron chi connectivity index (χ4n) is 8.55. The van der Waals surface area contributed by atoms with E-state index in [0.29, 0.717) is 5.56 Å². The zero-order chi connectivity index (χ0) is 53.4. The minimum atomic E-state index is -2.22. The topological polar surface area (TPSA) is 434 Å². The minimum absolute atomic E-state index is 0.0931. The van der Waals surface area contributed by atoms with E-state index in [0.717, 1.165) is 36.4 Å². The van der Waals surface area contributed by atoms with Crippen LogP contribution < -0.4 is 10.2 Å². The summed E-state index contributed by atoms with van der Waals surface area (Å²) in [6.07, 6.45) is -33.2. The van der Waals surface area contributed by atoms with E-state index in [9.17, 15) is 86.2 Å². The van der Waals surface area contributed by atoms with Crippen LogP contribution in [-0.2, 0) is 42.7 Å². The van der Waals surface area contributed by atoms with E-state index in [1.165, 1.54) is 37.3 Å². The summed E-state index contributed by atoms with van der Waals surface area (Å²) >= 11 is 0. The summed E-state index contributed by atoms with van der Waals surface area (Å²) in [5.41, 5.74) is -1.43. The molecule has 4 aliphatic heterocycles. The molecule has 19 atom stereocenters. The predicted molar refractivity (Wildman–Crippen MR) is 240 cm³/mol. The average Bonchev–Trinajstić information content (AvgIpc) is 3.36. The van der Waals surface area contributed by atoms with E-state index < -0.39 is 193 Å². The van der Waals surface area contributed by atoms with Gasteiger partial charge in [-0.1, -0.05) is 12.1 Å². The van der Waals surface area contributed by atoms with Gasteiger partial charge in [-0.15, -0.1) is 0 Å². The van der Waals surface area contributed by atoms with Gasteiger partial charge < -0.3 is 124 Å². The van der Waals surface area contributed by atoms with Crippen LogP contribution in [0.4, 0.5) is 0 Å². The van der Waals surface area contributed by atoms with E-state index in [2.05, 4.69) is 0 Å². The molecule has 27 heteroatoms. The van der Waals surface area contributed by atoms with Crippen molar-refractivity contribution in [3.8, 4) is 45.8 Å². The lowest BCUT2D eigenvalue weighted by Gasteiger charge is -2.47. The number of benzene rings is 3. The fourth-order valence-corrected chi connectivity index (χ4v) is 8.55. The number of carbonyl (C=O) groups excluding carboxylic acids is 1. The van der Waals surface area contributed by atoms with Crippen LogP contribution in [0.15, 0.2) is 69.9 Å². The fraction of sp³-hybridized carbons (Fsp3) is 0.489. The normalized spacial score (nSPS) is 35.7. The molecule has 0 spiro atoms. The molecule has 0 aliphatic carbocycles. The van der Waals surface area contributed by atoms with Crippen molar-refractivity contribution in [1.29, 1.82) is 0 Å². The SMILES string of the molecule is C[C@@H]1O[C@@H](OC[C@H]2O[C@@H](Oc3c(-c4ccc(O)c(O)c4)oc4cc(O)cc(O)c4c3=O)[C@H](OC(=O)/C=C/c3ccc(O)cc3)[C@@H](O[C@@H]3OC[C@H](O)[C@H](O)[C@H]3O)[C@@H]2O)[C@H](O)[C@H](O[C@@H]2O[C@H](CO)[C@@H](O)[C@H](O)[C@H]2O)[C@H]1O. The molecule has 0 unspecified atom stereocenters. The molecule has 4 fully saturated rings. The predicted octanol–water partition coefficient (Wildman–Crippen LogP) is -3.43. The third kappa shape index (κ3) is 11.2. The summed E-state index contributed by atoms with van der Waals surface area (Å²) in [7, 11) is 0. The lowest BCUT2D eigenvalue weighted by molar-refractivity contribution is -0.365. The Labute approximate surface area is 416 Å². The van der Waals surface area contributed by atoms with E-state index in [4.69, 9.17) is 47.0 Å². The number of aromatic hydroxyl groups is 5. The smallest absolute Gasteiger partial charge is 0.331 e. The maximum Gasteiger partial charge on any atom is 0.331 e. The van der Waals surface area contributed by atoms with Gasteiger partial charge in [0.15, 0.2) is 42.2 Å². The lowest BCUT2D eigenvalue weighted by Crippen LogP contribution is -2.66. The summed E-state index contributed by atoms with van der Waals surface area (Å²) in [6, 6.07) is 10.4. The molecule has 0 radical (unpaired) electrons. The van der Waals surface area contributed by atoms with Crippen LogP contribution in [0.5, 0.6) is 34.5 Å². The lowest BCUT2D eigenvalue weighted by atomic mass is 9.97. The van der Waals surface area contributed by atoms with Crippen molar-refractivity contribution in [1.82, 2.24) is 0 Å². The summed E-state index contributed by atoms with van der Waals surface area (Å²) in [5, 5.41) is 158. The monoisotopic (exact) mass is 1050 g/mol. The van der Waals surface area contributed by atoms with E-state index in [1.54, 1.807) is 0 Å². The first kappa shape index (κ1) is 54.5. The molecular formula is C47H54O27. The van der Waals surface area contributed by atoms with Crippen LogP contribution in [0.25, 0.3) is 28.4 Å². The first-order valence-corrected chi connectivity index (χ1v) is 22.8. The van der Waals surface area contributed by atoms with Crippen molar-refractivity contribution < 1.29 is 128 Å². The number of carbonyl (C=O) groups is 1. The van der Waals surface area contributed by atoms with Gasteiger partial charge in [0.2, 0.25) is 17.5 Å². The molecule has 5 heterocycles. The van der Waals surface area contributed by atoms with Crippen molar-refractivity contribution in [3.05, 3.63) is 76.5 Å². The zero-order valence-corrected chi connectivity index (χ0v) is 38.5. The van der Waals surface area contributed by atoms with Crippen LogP contribution in [0.1, 0.15) is 12.5 Å². The highest BCUT2D eigenvalue weighted by atomic mass is 16.8. The number of aliphatic hydroxyl groups is 10. The Kier molecular flexibility index (Phi) is 16.6. The number of aliphatic hydroxyl groups excluding tert-OH is 10. The molecule has 404 valence electrons. The summed E-state index contributed by atoms with van der Waals surface area (Å²) < 4.78 is 58.4. The highest BCUT2D eigenvalue weighted by Gasteiger charge is 2.55. The standard InChI is InChI=1S/C47H54O27/c1-16-30(56)40(72-46-37(63)35(61)32(58)26(13-48)69-46)38(64)45(67-16)66-15-27-33(59)41(73-44-36(62)31(57)24(54)14-65-44)43(71-28(55)9-4-17-2-6-19(49)7-3-17)47(70-27)74-42-34(60)29-23(53)11-20(50)12-25(29)68-39(42)18-5-8-21(51)22(52)10-18/h2-12,16,24,26-27,30-33,35-38,40-41,43-54,56-59,61-64H,13-15H2,1H3/b9-4+/t16-,24-,26+,27+,30-,31-,32+,33+,35-,36+,37+,38+,40+,41-,43+,44-,45+,46-,47-/m0/s1. The molecule has 27 nitrogen and oxygen atoms in total. The van der Waals surface area contributed by atoms with Crippen LogP contribution >= 0.6 is 0 Å². The quantitative estimate of drug-likeness (QED) is 0.0332. The zero-order valence-electron chi connectivity index (χ0n) is 38.5.